The van der Waals surface area contributed by atoms with Crippen LogP contribution in [0.4, 0.5) is 0 Å². The van der Waals surface area contributed by atoms with Gasteiger partial charge in [0.15, 0.2) is 6.61 Å². The van der Waals surface area contributed by atoms with E-state index in [4.69, 9.17) is 16.3 Å². The maximum absolute atomic E-state index is 12.7. The first kappa shape index (κ1) is 22.1. The quantitative estimate of drug-likeness (QED) is 0.632. The SMILES string of the molecule is CN(C(=O)COC(=O)c1cc(S(=O)(=O)N2CCCC2)ccc1Cl)C1CCCCC1. The van der Waals surface area contributed by atoms with E-state index in [0.29, 0.717) is 13.1 Å². The summed E-state index contributed by atoms with van der Waals surface area (Å²) in [6.45, 7) is 0.532. The van der Waals surface area contributed by atoms with Crippen molar-refractivity contribution in [1.82, 2.24) is 9.21 Å². The third-order valence-corrected chi connectivity index (χ3v) is 7.93. The highest BCUT2D eigenvalue weighted by Gasteiger charge is 2.29. The summed E-state index contributed by atoms with van der Waals surface area (Å²) in [5.41, 5.74) is -0.0555. The first-order valence-corrected chi connectivity index (χ1v) is 11.8. The highest BCUT2D eigenvalue weighted by Crippen LogP contribution is 2.26. The number of likely N-dealkylation sites (N-methyl/N-ethyl adjacent to an activating group) is 1. The molecule has 3 rings (SSSR count). The predicted molar refractivity (Wildman–Crippen MR) is 109 cm³/mol. The van der Waals surface area contributed by atoms with Crippen LogP contribution in [0.1, 0.15) is 55.3 Å². The summed E-state index contributed by atoms with van der Waals surface area (Å²) in [5, 5.41) is 0.0865. The van der Waals surface area contributed by atoms with Crippen LogP contribution in [-0.4, -0.2) is 62.3 Å². The van der Waals surface area contributed by atoms with Gasteiger partial charge in [0.1, 0.15) is 0 Å². The Morgan fingerprint density at radius 3 is 2.45 bits per heavy atom. The molecule has 0 N–H and O–H groups in total. The van der Waals surface area contributed by atoms with Gasteiger partial charge in [-0.3, -0.25) is 4.79 Å². The van der Waals surface area contributed by atoms with Crippen LogP contribution in [0.2, 0.25) is 5.02 Å². The number of carbonyl (C=O) groups excluding carboxylic acids is 2. The van der Waals surface area contributed by atoms with Gasteiger partial charge in [-0.15, -0.1) is 0 Å². The number of nitrogens with zero attached hydrogens (tertiary/aromatic N) is 2. The van der Waals surface area contributed by atoms with Crippen molar-refractivity contribution in [2.24, 2.45) is 0 Å². The largest absolute Gasteiger partial charge is 0.452 e. The molecule has 1 aliphatic heterocycles. The van der Waals surface area contributed by atoms with E-state index in [-0.39, 0.29) is 27.4 Å². The lowest BCUT2D eigenvalue weighted by atomic mass is 9.94. The number of amides is 1. The molecule has 1 saturated heterocycles. The van der Waals surface area contributed by atoms with Crippen molar-refractivity contribution in [3.8, 4) is 0 Å². The molecule has 1 aromatic carbocycles. The van der Waals surface area contributed by atoms with Gasteiger partial charge in [-0.2, -0.15) is 4.31 Å². The van der Waals surface area contributed by atoms with Crippen LogP contribution in [0.5, 0.6) is 0 Å². The van der Waals surface area contributed by atoms with E-state index in [0.717, 1.165) is 38.5 Å². The average molecular weight is 443 g/mol. The van der Waals surface area contributed by atoms with E-state index < -0.39 is 22.6 Å². The monoisotopic (exact) mass is 442 g/mol. The number of sulfonamides is 1. The summed E-state index contributed by atoms with van der Waals surface area (Å²) in [5.74, 6) is -1.08. The molecule has 1 amide bonds. The van der Waals surface area contributed by atoms with E-state index in [1.54, 1.807) is 11.9 Å². The van der Waals surface area contributed by atoms with Crippen molar-refractivity contribution in [1.29, 1.82) is 0 Å². The zero-order valence-corrected chi connectivity index (χ0v) is 18.2. The first-order chi connectivity index (χ1) is 13.8. The minimum Gasteiger partial charge on any atom is -0.452 e. The van der Waals surface area contributed by atoms with Crippen LogP contribution >= 0.6 is 11.6 Å². The summed E-state index contributed by atoms with van der Waals surface area (Å²) >= 11 is 6.10. The third kappa shape index (κ3) is 5.10. The highest BCUT2D eigenvalue weighted by atomic mass is 35.5. The van der Waals surface area contributed by atoms with Gasteiger partial charge < -0.3 is 9.64 Å². The second kappa shape index (κ2) is 9.45. The van der Waals surface area contributed by atoms with Crippen molar-refractivity contribution >= 4 is 33.5 Å². The van der Waals surface area contributed by atoms with Gasteiger partial charge in [-0.25, -0.2) is 13.2 Å². The Balaban J connectivity index is 1.66. The molecule has 1 aliphatic carbocycles. The number of hydrogen-bond acceptors (Lipinski definition) is 5. The van der Waals surface area contributed by atoms with Crippen molar-refractivity contribution < 1.29 is 22.7 Å². The van der Waals surface area contributed by atoms with Crippen molar-refractivity contribution in [3.05, 3.63) is 28.8 Å². The summed E-state index contributed by atoms with van der Waals surface area (Å²) in [7, 11) is -1.95. The Kier molecular flexibility index (Phi) is 7.19. The highest BCUT2D eigenvalue weighted by molar-refractivity contribution is 7.89. The molecule has 160 valence electrons. The van der Waals surface area contributed by atoms with E-state index in [2.05, 4.69) is 0 Å². The van der Waals surface area contributed by atoms with Crippen LogP contribution in [-0.2, 0) is 19.6 Å². The van der Waals surface area contributed by atoms with Gasteiger partial charge >= 0.3 is 5.97 Å². The summed E-state index contributed by atoms with van der Waals surface area (Å²) < 4.78 is 32.0. The molecule has 1 aromatic rings. The lowest BCUT2D eigenvalue weighted by Gasteiger charge is -2.31. The molecular weight excluding hydrogens is 416 g/mol. The molecule has 9 heteroatoms. The van der Waals surface area contributed by atoms with Crippen LogP contribution < -0.4 is 0 Å². The van der Waals surface area contributed by atoms with Crippen LogP contribution in [0.15, 0.2) is 23.1 Å². The Morgan fingerprint density at radius 2 is 1.79 bits per heavy atom. The minimum atomic E-state index is -3.68. The molecule has 0 spiro atoms. The van der Waals surface area contributed by atoms with E-state index >= 15 is 0 Å². The van der Waals surface area contributed by atoms with Gasteiger partial charge in [-0.1, -0.05) is 30.9 Å². The molecule has 2 aliphatic rings. The standard InChI is InChI=1S/C20H27ClN2O5S/c1-22(15-7-3-2-4-8-15)19(24)14-28-20(25)17-13-16(9-10-18(17)21)29(26,27)23-11-5-6-12-23/h9-10,13,15H,2-8,11-12,14H2,1H3. The van der Waals surface area contributed by atoms with Gasteiger partial charge in [0, 0.05) is 26.2 Å². The summed E-state index contributed by atoms with van der Waals surface area (Å²) in [6, 6.07) is 4.16. The normalized spacial score (nSPS) is 18.6. The third-order valence-electron chi connectivity index (χ3n) is 5.70. The van der Waals surface area contributed by atoms with Gasteiger partial charge in [0.05, 0.1) is 15.5 Å². The molecule has 0 radical (unpaired) electrons. The maximum atomic E-state index is 12.7. The number of hydrogen-bond donors (Lipinski definition) is 0. The summed E-state index contributed by atoms with van der Waals surface area (Å²) in [4.78, 5) is 26.5. The van der Waals surface area contributed by atoms with Crippen molar-refractivity contribution in [3.63, 3.8) is 0 Å². The second-order valence-corrected chi connectivity index (χ2v) is 9.97. The molecule has 1 heterocycles. The topological polar surface area (TPSA) is 84.0 Å². The zero-order chi connectivity index (χ0) is 21.0. The molecule has 0 bridgehead atoms. The fraction of sp³-hybridized carbons (Fsp3) is 0.600. The Hall–Kier alpha value is -1.64. The molecule has 0 aromatic heterocycles. The van der Waals surface area contributed by atoms with E-state index in [1.165, 1.54) is 28.9 Å². The molecule has 29 heavy (non-hydrogen) atoms. The number of halogens is 1. The summed E-state index contributed by atoms with van der Waals surface area (Å²) in [6.07, 6.45) is 6.92. The Morgan fingerprint density at radius 1 is 1.14 bits per heavy atom. The van der Waals surface area contributed by atoms with Crippen LogP contribution in [0.3, 0.4) is 0 Å². The number of carbonyl (C=O) groups is 2. The predicted octanol–water partition coefficient (Wildman–Crippen LogP) is 3.07. The zero-order valence-electron chi connectivity index (χ0n) is 16.6. The van der Waals surface area contributed by atoms with Gasteiger partial charge in [0.2, 0.25) is 10.0 Å². The van der Waals surface area contributed by atoms with E-state index in [1.807, 2.05) is 0 Å². The average Bonchev–Trinajstić information content (AvgIpc) is 3.28. The number of benzene rings is 1. The Bertz CT molecular complexity index is 862. The Labute approximate surface area is 177 Å². The maximum Gasteiger partial charge on any atom is 0.340 e. The molecule has 7 nitrogen and oxygen atoms in total. The van der Waals surface area contributed by atoms with Gasteiger partial charge in [0.25, 0.3) is 5.91 Å². The molecule has 0 unspecified atom stereocenters. The fourth-order valence-electron chi connectivity index (χ4n) is 3.88. The van der Waals surface area contributed by atoms with Crippen LogP contribution in [0.25, 0.3) is 0 Å². The lowest BCUT2D eigenvalue weighted by molar-refractivity contribution is -0.135. The number of ether oxygens (including phenoxy) is 1. The smallest absolute Gasteiger partial charge is 0.340 e. The van der Waals surface area contributed by atoms with Crippen LogP contribution in [0, 0.1) is 0 Å². The first-order valence-electron chi connectivity index (χ1n) is 10.0. The second-order valence-electron chi connectivity index (χ2n) is 7.63. The minimum absolute atomic E-state index is 0.00130. The van der Waals surface area contributed by atoms with Crippen molar-refractivity contribution in [2.45, 2.75) is 55.9 Å². The molecule has 1 saturated carbocycles. The number of rotatable bonds is 6. The molecule has 2 fully saturated rings. The van der Waals surface area contributed by atoms with E-state index in [9.17, 15) is 18.0 Å². The fourth-order valence-corrected chi connectivity index (χ4v) is 5.62. The molecule has 0 atom stereocenters. The molecular formula is C20H27ClN2O5S. The van der Waals surface area contributed by atoms with Crippen molar-refractivity contribution in [2.75, 3.05) is 26.7 Å². The van der Waals surface area contributed by atoms with Gasteiger partial charge in [-0.05, 0) is 43.9 Å². The lowest BCUT2D eigenvalue weighted by Crippen LogP contribution is -2.40. The number of esters is 1.